The second-order valence-corrected chi connectivity index (χ2v) is 10.8. The van der Waals surface area contributed by atoms with Gasteiger partial charge in [-0.2, -0.15) is 0 Å². The SMILES string of the molecule is C=CCCOC(=O)[C@H]1[C@@H]2OC3(CC2Br)C(C(=O)N(CC=C)C(C)CCC)N([C@H](C)CO)C(=O)[C@H]13. The molecule has 0 aliphatic carbocycles. The van der Waals surface area contributed by atoms with E-state index in [2.05, 4.69) is 36.0 Å². The fraction of sp³-hybridized carbons (Fsp3) is 0.720. The number of rotatable bonds is 12. The van der Waals surface area contributed by atoms with Gasteiger partial charge in [-0.3, -0.25) is 14.4 Å². The van der Waals surface area contributed by atoms with Gasteiger partial charge >= 0.3 is 5.97 Å². The summed E-state index contributed by atoms with van der Waals surface area (Å²) in [6.45, 7) is 13.4. The van der Waals surface area contributed by atoms with Gasteiger partial charge in [0.1, 0.15) is 11.6 Å². The minimum Gasteiger partial charge on any atom is -0.465 e. The quantitative estimate of drug-likeness (QED) is 0.177. The molecule has 34 heavy (non-hydrogen) atoms. The lowest BCUT2D eigenvalue weighted by atomic mass is 9.70. The zero-order valence-electron chi connectivity index (χ0n) is 20.3. The van der Waals surface area contributed by atoms with E-state index in [4.69, 9.17) is 9.47 Å². The molecule has 8 nitrogen and oxygen atoms in total. The number of hydrogen-bond donors (Lipinski definition) is 1. The molecule has 3 aliphatic heterocycles. The predicted molar refractivity (Wildman–Crippen MR) is 131 cm³/mol. The number of aliphatic hydroxyl groups is 1. The van der Waals surface area contributed by atoms with E-state index in [1.807, 2.05) is 6.92 Å². The van der Waals surface area contributed by atoms with Gasteiger partial charge in [-0.1, -0.05) is 41.4 Å². The first kappa shape index (κ1) is 26.9. The molecule has 2 amide bonds. The van der Waals surface area contributed by atoms with E-state index in [9.17, 15) is 19.5 Å². The van der Waals surface area contributed by atoms with Crippen LogP contribution >= 0.6 is 15.9 Å². The van der Waals surface area contributed by atoms with Crippen LogP contribution in [-0.2, 0) is 23.9 Å². The number of carbonyl (C=O) groups is 3. The van der Waals surface area contributed by atoms with Gasteiger partial charge in [0.25, 0.3) is 0 Å². The maximum atomic E-state index is 14.1. The number of ether oxygens (including phenoxy) is 2. The Bertz CT molecular complexity index is 821. The van der Waals surface area contributed by atoms with E-state index in [0.29, 0.717) is 19.4 Å². The van der Waals surface area contributed by atoms with Crippen LogP contribution in [0.1, 0.15) is 46.5 Å². The summed E-state index contributed by atoms with van der Waals surface area (Å²) in [6.07, 6.45) is 5.39. The van der Waals surface area contributed by atoms with Crippen molar-refractivity contribution in [2.75, 3.05) is 19.8 Å². The summed E-state index contributed by atoms with van der Waals surface area (Å²) < 4.78 is 11.9. The van der Waals surface area contributed by atoms with Gasteiger partial charge < -0.3 is 24.4 Å². The van der Waals surface area contributed by atoms with Gasteiger partial charge in [0.15, 0.2) is 0 Å². The summed E-state index contributed by atoms with van der Waals surface area (Å²) in [5.74, 6) is -2.73. The molecule has 1 N–H and O–H groups in total. The first-order chi connectivity index (χ1) is 16.2. The van der Waals surface area contributed by atoms with Crippen molar-refractivity contribution in [3.63, 3.8) is 0 Å². The van der Waals surface area contributed by atoms with Crippen molar-refractivity contribution in [3.05, 3.63) is 25.3 Å². The Morgan fingerprint density at radius 1 is 1.38 bits per heavy atom. The summed E-state index contributed by atoms with van der Waals surface area (Å²) >= 11 is 3.64. The van der Waals surface area contributed by atoms with E-state index in [1.165, 1.54) is 4.90 Å². The number of likely N-dealkylation sites (tertiary alicyclic amines) is 1. The van der Waals surface area contributed by atoms with Crippen LogP contribution in [0.5, 0.6) is 0 Å². The Morgan fingerprint density at radius 2 is 2.09 bits per heavy atom. The monoisotopic (exact) mass is 540 g/mol. The fourth-order valence-electron chi connectivity index (χ4n) is 5.87. The first-order valence-corrected chi connectivity index (χ1v) is 13.0. The van der Waals surface area contributed by atoms with Crippen LogP contribution in [-0.4, -0.2) is 87.1 Å². The molecule has 190 valence electrons. The largest absolute Gasteiger partial charge is 0.465 e. The Balaban J connectivity index is 2.04. The van der Waals surface area contributed by atoms with E-state index in [1.54, 1.807) is 24.0 Å². The minimum atomic E-state index is -1.16. The molecule has 0 aromatic heterocycles. The molecule has 3 rings (SSSR count). The van der Waals surface area contributed by atoms with Gasteiger partial charge in [0, 0.05) is 17.4 Å². The van der Waals surface area contributed by atoms with Crippen molar-refractivity contribution < 1.29 is 29.0 Å². The molecule has 3 aliphatic rings. The summed E-state index contributed by atoms with van der Waals surface area (Å²) in [4.78, 5) is 44.0. The number of esters is 1. The van der Waals surface area contributed by atoms with Gasteiger partial charge in [0.2, 0.25) is 11.8 Å². The standard InChI is InChI=1S/C25H37BrN2O6/c1-6-9-12-33-24(32)18-19-22(30)28(16(5)14-29)21(25(19)13-17(26)20(18)34-25)23(31)27(11-8-3)15(4)10-7-2/h6,8,15-21,29H,1,3,7,9-14H2,2,4-5H3/t15?,16-,17?,18-,19+,20-,21?,25?/m1/s1. The highest BCUT2D eigenvalue weighted by atomic mass is 79.9. The third-order valence-electron chi connectivity index (χ3n) is 7.39. The lowest BCUT2D eigenvalue weighted by Crippen LogP contribution is -2.59. The molecule has 4 unspecified atom stereocenters. The van der Waals surface area contributed by atoms with Crippen molar-refractivity contribution in [3.8, 4) is 0 Å². The summed E-state index contributed by atoms with van der Waals surface area (Å²) in [7, 11) is 0. The van der Waals surface area contributed by atoms with Crippen LogP contribution in [0.2, 0.25) is 0 Å². The van der Waals surface area contributed by atoms with E-state index in [0.717, 1.165) is 12.8 Å². The average molecular weight is 541 g/mol. The Morgan fingerprint density at radius 3 is 2.68 bits per heavy atom. The molecule has 9 heteroatoms. The molecule has 0 saturated carbocycles. The highest BCUT2D eigenvalue weighted by Gasteiger charge is 2.77. The maximum Gasteiger partial charge on any atom is 0.312 e. The van der Waals surface area contributed by atoms with Gasteiger partial charge in [-0.25, -0.2) is 0 Å². The molecule has 8 atom stereocenters. The second-order valence-electron chi connectivity index (χ2n) is 9.60. The van der Waals surface area contributed by atoms with Crippen molar-refractivity contribution in [1.82, 2.24) is 9.80 Å². The highest BCUT2D eigenvalue weighted by Crippen LogP contribution is 2.60. The number of nitrogens with zero attached hydrogens (tertiary/aromatic N) is 2. The topological polar surface area (TPSA) is 96.4 Å². The predicted octanol–water partition coefficient (Wildman–Crippen LogP) is 2.44. The molecule has 1 spiro atoms. The maximum absolute atomic E-state index is 14.1. The molecule has 0 aromatic carbocycles. The second kappa shape index (κ2) is 10.9. The number of amides is 2. The van der Waals surface area contributed by atoms with Crippen LogP contribution in [0.3, 0.4) is 0 Å². The van der Waals surface area contributed by atoms with Crippen LogP contribution in [0.4, 0.5) is 0 Å². The minimum absolute atomic E-state index is 0.0645. The Kier molecular flexibility index (Phi) is 8.63. The Hall–Kier alpha value is -1.71. The van der Waals surface area contributed by atoms with E-state index in [-0.39, 0.29) is 35.9 Å². The van der Waals surface area contributed by atoms with Gasteiger partial charge in [0.05, 0.1) is 37.2 Å². The highest BCUT2D eigenvalue weighted by molar-refractivity contribution is 9.09. The number of aliphatic hydroxyl groups excluding tert-OH is 1. The zero-order chi connectivity index (χ0) is 25.2. The van der Waals surface area contributed by atoms with Crippen LogP contribution in [0.25, 0.3) is 0 Å². The van der Waals surface area contributed by atoms with Crippen molar-refractivity contribution in [2.24, 2.45) is 11.8 Å². The lowest BCUT2D eigenvalue weighted by molar-refractivity contribution is -0.156. The smallest absolute Gasteiger partial charge is 0.312 e. The molecule has 3 fully saturated rings. The molecule has 3 heterocycles. The molecular weight excluding hydrogens is 504 g/mol. The van der Waals surface area contributed by atoms with E-state index >= 15 is 0 Å². The molecule has 3 saturated heterocycles. The van der Waals surface area contributed by atoms with Crippen LogP contribution in [0, 0.1) is 11.8 Å². The van der Waals surface area contributed by atoms with Crippen molar-refractivity contribution in [1.29, 1.82) is 0 Å². The third-order valence-corrected chi connectivity index (χ3v) is 8.23. The number of halogens is 1. The first-order valence-electron chi connectivity index (χ1n) is 12.1. The number of alkyl halides is 1. The van der Waals surface area contributed by atoms with E-state index < -0.39 is 41.6 Å². The molecule has 0 radical (unpaired) electrons. The Labute approximate surface area is 210 Å². The average Bonchev–Trinajstić information content (AvgIpc) is 3.40. The summed E-state index contributed by atoms with van der Waals surface area (Å²) in [5.41, 5.74) is -1.16. The van der Waals surface area contributed by atoms with Crippen molar-refractivity contribution >= 4 is 33.7 Å². The van der Waals surface area contributed by atoms with Crippen molar-refractivity contribution in [2.45, 2.75) is 81.1 Å². The lowest BCUT2D eigenvalue weighted by Gasteiger charge is -2.40. The van der Waals surface area contributed by atoms with Crippen LogP contribution < -0.4 is 0 Å². The van der Waals surface area contributed by atoms with Gasteiger partial charge in [-0.15, -0.1) is 13.2 Å². The normalized spacial score (nSPS) is 33.4. The van der Waals surface area contributed by atoms with Gasteiger partial charge in [-0.05, 0) is 33.1 Å². The summed E-state index contributed by atoms with van der Waals surface area (Å²) in [5, 5.41) is 9.96. The fourth-order valence-corrected chi connectivity index (χ4v) is 6.82. The molecule has 0 aromatic rings. The molecular formula is C25H37BrN2O6. The van der Waals surface area contributed by atoms with Crippen LogP contribution in [0.15, 0.2) is 25.3 Å². The summed E-state index contributed by atoms with van der Waals surface area (Å²) in [6, 6.07) is -1.62. The third kappa shape index (κ3) is 4.35. The number of carbonyl (C=O) groups excluding carboxylic acids is 3. The zero-order valence-corrected chi connectivity index (χ0v) is 21.9. The number of hydrogen-bond acceptors (Lipinski definition) is 6. The number of fused-ring (bicyclic) bond motifs is 1. The molecule has 2 bridgehead atoms.